The standard InChI is InChI=1S/C18H25N5O.HI/c1-19-18(21-13-17-8-5-11-24-17)20-10-9-15-12-22-23(14-15)16-6-3-2-4-7-16;/h2-4,6-7,12,14,17H,5,8-11,13H2,1H3,(H2,19,20,21);1H. The number of ether oxygens (including phenoxy) is 1. The van der Waals surface area contributed by atoms with Gasteiger partial charge in [0.05, 0.1) is 18.0 Å². The van der Waals surface area contributed by atoms with Gasteiger partial charge in [0.25, 0.3) is 0 Å². The first-order valence-corrected chi connectivity index (χ1v) is 8.50. The molecule has 0 saturated carbocycles. The molecule has 0 radical (unpaired) electrons. The number of rotatable bonds is 6. The molecular formula is C18H26IN5O. The van der Waals surface area contributed by atoms with Crippen molar-refractivity contribution >= 4 is 29.9 Å². The van der Waals surface area contributed by atoms with Gasteiger partial charge in [0.1, 0.15) is 0 Å². The first-order chi connectivity index (χ1) is 11.8. The van der Waals surface area contributed by atoms with Gasteiger partial charge >= 0.3 is 0 Å². The van der Waals surface area contributed by atoms with Crippen molar-refractivity contribution in [3.63, 3.8) is 0 Å². The van der Waals surface area contributed by atoms with Crippen LogP contribution in [0.3, 0.4) is 0 Å². The fourth-order valence-electron chi connectivity index (χ4n) is 2.77. The van der Waals surface area contributed by atoms with Crippen LogP contribution in [0.1, 0.15) is 18.4 Å². The van der Waals surface area contributed by atoms with E-state index in [-0.39, 0.29) is 24.0 Å². The molecule has 1 atom stereocenters. The number of hydrogen-bond acceptors (Lipinski definition) is 3. The van der Waals surface area contributed by atoms with Crippen molar-refractivity contribution in [3.05, 3.63) is 48.3 Å². The molecule has 7 heteroatoms. The van der Waals surface area contributed by atoms with E-state index in [2.05, 4.69) is 26.9 Å². The van der Waals surface area contributed by atoms with Crippen LogP contribution in [-0.2, 0) is 11.2 Å². The van der Waals surface area contributed by atoms with Gasteiger partial charge in [-0.05, 0) is 37.0 Å². The summed E-state index contributed by atoms with van der Waals surface area (Å²) in [6, 6.07) is 10.1. The highest BCUT2D eigenvalue weighted by atomic mass is 127. The Morgan fingerprint density at radius 1 is 1.32 bits per heavy atom. The predicted octanol–water partition coefficient (Wildman–Crippen LogP) is 2.38. The van der Waals surface area contributed by atoms with Gasteiger partial charge in [-0.15, -0.1) is 24.0 Å². The summed E-state index contributed by atoms with van der Waals surface area (Å²) >= 11 is 0. The lowest BCUT2D eigenvalue weighted by Gasteiger charge is -2.14. The average molecular weight is 455 g/mol. The van der Waals surface area contributed by atoms with Crippen LogP contribution in [0.5, 0.6) is 0 Å². The lowest BCUT2D eigenvalue weighted by Crippen LogP contribution is -2.41. The number of hydrogen-bond donors (Lipinski definition) is 2. The zero-order valence-electron chi connectivity index (χ0n) is 14.5. The van der Waals surface area contributed by atoms with E-state index in [0.717, 1.165) is 50.6 Å². The highest BCUT2D eigenvalue weighted by Gasteiger charge is 2.15. The number of aromatic nitrogens is 2. The molecule has 136 valence electrons. The summed E-state index contributed by atoms with van der Waals surface area (Å²) in [5.41, 5.74) is 2.27. The summed E-state index contributed by atoms with van der Waals surface area (Å²) < 4.78 is 7.51. The maximum Gasteiger partial charge on any atom is 0.191 e. The Hall–Kier alpha value is -1.61. The van der Waals surface area contributed by atoms with Crippen LogP contribution in [0.15, 0.2) is 47.7 Å². The molecule has 1 unspecified atom stereocenters. The van der Waals surface area contributed by atoms with Crippen molar-refractivity contribution in [2.45, 2.75) is 25.4 Å². The van der Waals surface area contributed by atoms with E-state index in [1.54, 1.807) is 7.05 Å². The minimum absolute atomic E-state index is 0. The van der Waals surface area contributed by atoms with Gasteiger partial charge in [0.2, 0.25) is 0 Å². The fourth-order valence-corrected chi connectivity index (χ4v) is 2.77. The summed E-state index contributed by atoms with van der Waals surface area (Å²) in [6.07, 6.45) is 7.48. The molecule has 1 aromatic carbocycles. The van der Waals surface area contributed by atoms with E-state index >= 15 is 0 Å². The van der Waals surface area contributed by atoms with Gasteiger partial charge in [-0.2, -0.15) is 5.10 Å². The van der Waals surface area contributed by atoms with Gasteiger partial charge in [0, 0.05) is 32.9 Å². The molecule has 1 aliphatic heterocycles. The Balaban J connectivity index is 0.00000225. The molecule has 1 fully saturated rings. The van der Waals surface area contributed by atoms with Crippen molar-refractivity contribution in [2.75, 3.05) is 26.7 Å². The molecule has 25 heavy (non-hydrogen) atoms. The zero-order valence-corrected chi connectivity index (χ0v) is 16.8. The smallest absolute Gasteiger partial charge is 0.191 e. The maximum atomic E-state index is 5.61. The summed E-state index contributed by atoms with van der Waals surface area (Å²) in [6.45, 7) is 2.50. The summed E-state index contributed by atoms with van der Waals surface area (Å²) in [5.74, 6) is 0.820. The zero-order chi connectivity index (χ0) is 16.6. The molecule has 0 bridgehead atoms. The first kappa shape index (κ1) is 19.7. The van der Waals surface area contributed by atoms with E-state index in [9.17, 15) is 0 Å². The summed E-state index contributed by atoms with van der Waals surface area (Å²) in [4.78, 5) is 4.25. The number of benzene rings is 1. The highest BCUT2D eigenvalue weighted by molar-refractivity contribution is 14.0. The molecule has 2 aromatic rings. The Kier molecular flexibility index (Phi) is 8.20. The van der Waals surface area contributed by atoms with E-state index in [4.69, 9.17) is 4.74 Å². The number of halogens is 1. The number of guanidine groups is 1. The molecule has 3 rings (SSSR count). The van der Waals surface area contributed by atoms with Gasteiger partial charge in [-0.25, -0.2) is 4.68 Å². The van der Waals surface area contributed by atoms with Crippen LogP contribution in [-0.4, -0.2) is 48.6 Å². The minimum atomic E-state index is 0. The van der Waals surface area contributed by atoms with Gasteiger partial charge in [0.15, 0.2) is 5.96 Å². The second-order valence-electron chi connectivity index (χ2n) is 5.89. The third-order valence-corrected chi connectivity index (χ3v) is 4.11. The minimum Gasteiger partial charge on any atom is -0.376 e. The third-order valence-electron chi connectivity index (χ3n) is 4.11. The second kappa shape index (κ2) is 10.4. The highest BCUT2D eigenvalue weighted by Crippen LogP contribution is 2.10. The quantitative estimate of drug-likeness (QED) is 0.399. The third kappa shape index (κ3) is 6.00. The lowest BCUT2D eigenvalue weighted by molar-refractivity contribution is 0.114. The average Bonchev–Trinajstić information content (AvgIpc) is 3.30. The second-order valence-corrected chi connectivity index (χ2v) is 5.89. The molecule has 1 aromatic heterocycles. The predicted molar refractivity (Wildman–Crippen MR) is 111 cm³/mol. The van der Waals surface area contributed by atoms with E-state index in [0.29, 0.717) is 6.10 Å². The van der Waals surface area contributed by atoms with Crippen LogP contribution < -0.4 is 10.6 Å². The Morgan fingerprint density at radius 3 is 2.88 bits per heavy atom. The SMILES string of the molecule is CN=C(NCCc1cnn(-c2ccccc2)c1)NCC1CCCO1.I. The summed E-state index contributed by atoms with van der Waals surface area (Å²) in [5, 5.41) is 11.1. The van der Waals surface area contributed by atoms with Crippen LogP contribution in [0, 0.1) is 0 Å². The van der Waals surface area contributed by atoms with Gasteiger partial charge in [-0.1, -0.05) is 18.2 Å². The number of nitrogens with one attached hydrogen (secondary N) is 2. The normalized spacial score (nSPS) is 17.2. The van der Waals surface area contributed by atoms with Crippen LogP contribution in [0.4, 0.5) is 0 Å². The van der Waals surface area contributed by atoms with Crippen molar-refractivity contribution in [2.24, 2.45) is 4.99 Å². The first-order valence-electron chi connectivity index (χ1n) is 8.50. The Labute approximate surface area is 166 Å². The Bertz CT molecular complexity index is 652. The molecule has 1 saturated heterocycles. The van der Waals surface area contributed by atoms with Gasteiger partial charge < -0.3 is 15.4 Å². The number of nitrogens with zero attached hydrogens (tertiary/aromatic N) is 3. The van der Waals surface area contributed by atoms with E-state index in [1.165, 1.54) is 5.56 Å². The molecule has 2 N–H and O–H groups in total. The van der Waals surface area contributed by atoms with Crippen molar-refractivity contribution < 1.29 is 4.74 Å². The van der Waals surface area contributed by atoms with E-state index < -0.39 is 0 Å². The molecule has 0 aliphatic carbocycles. The largest absolute Gasteiger partial charge is 0.376 e. The number of aliphatic imine (C=N–C) groups is 1. The molecule has 0 amide bonds. The molecule has 1 aliphatic rings. The summed E-state index contributed by atoms with van der Waals surface area (Å²) in [7, 11) is 1.79. The lowest BCUT2D eigenvalue weighted by atomic mass is 10.2. The van der Waals surface area contributed by atoms with Gasteiger partial charge in [-0.3, -0.25) is 4.99 Å². The molecular weight excluding hydrogens is 429 g/mol. The molecule has 0 spiro atoms. The van der Waals surface area contributed by atoms with E-state index in [1.807, 2.05) is 41.2 Å². The molecule has 6 nitrogen and oxygen atoms in total. The van der Waals surface area contributed by atoms with Crippen LogP contribution >= 0.6 is 24.0 Å². The van der Waals surface area contributed by atoms with Crippen LogP contribution in [0.25, 0.3) is 5.69 Å². The monoisotopic (exact) mass is 455 g/mol. The van der Waals surface area contributed by atoms with Crippen LogP contribution in [0.2, 0.25) is 0 Å². The van der Waals surface area contributed by atoms with Crippen molar-refractivity contribution in [3.8, 4) is 5.69 Å². The topological polar surface area (TPSA) is 63.5 Å². The Morgan fingerprint density at radius 2 is 2.16 bits per heavy atom. The molecule has 2 heterocycles. The fraction of sp³-hybridized carbons (Fsp3) is 0.444. The van der Waals surface area contributed by atoms with Crippen molar-refractivity contribution in [1.29, 1.82) is 0 Å². The van der Waals surface area contributed by atoms with Crippen molar-refractivity contribution in [1.82, 2.24) is 20.4 Å². The maximum absolute atomic E-state index is 5.61. The number of para-hydroxylation sites is 1.